The molecule has 0 bridgehead atoms. The Morgan fingerprint density at radius 1 is 1.30 bits per heavy atom. The molecule has 2 rings (SSSR count). The Bertz CT molecular complexity index is 644. The Morgan fingerprint density at radius 2 is 2.05 bits per heavy atom. The average Bonchev–Trinajstić information content (AvgIpc) is 2.38. The zero-order valence-corrected chi connectivity index (χ0v) is 11.8. The molecule has 0 radical (unpaired) electrons. The maximum atomic E-state index is 10.9. The third kappa shape index (κ3) is 3.22. The second-order valence-corrected chi connectivity index (χ2v) is 5.00. The quantitative estimate of drug-likeness (QED) is 0.848. The topological polar surface area (TPSA) is 66.6 Å². The van der Waals surface area contributed by atoms with Crippen LogP contribution in [0.25, 0.3) is 0 Å². The van der Waals surface area contributed by atoms with E-state index >= 15 is 0 Å². The molecular formula is C15H15ClN2O2. The second-order valence-electron chi connectivity index (χ2n) is 4.56. The summed E-state index contributed by atoms with van der Waals surface area (Å²) in [5.41, 5.74) is 8.38. The Balaban J connectivity index is 2.21. The van der Waals surface area contributed by atoms with Crippen LogP contribution in [0.15, 0.2) is 42.5 Å². The molecule has 0 aliphatic rings. The number of hydrogen-bond donors (Lipinski definition) is 2. The van der Waals surface area contributed by atoms with Crippen LogP contribution in [0.5, 0.6) is 0 Å². The largest absolute Gasteiger partial charge is 0.478 e. The highest BCUT2D eigenvalue weighted by Gasteiger charge is 2.10. The monoisotopic (exact) mass is 290 g/mol. The van der Waals surface area contributed by atoms with E-state index in [2.05, 4.69) is 0 Å². The maximum Gasteiger partial charge on any atom is 0.335 e. The fourth-order valence-electron chi connectivity index (χ4n) is 2.03. The van der Waals surface area contributed by atoms with Crippen LogP contribution in [0.4, 0.5) is 11.4 Å². The van der Waals surface area contributed by atoms with Crippen LogP contribution in [0.3, 0.4) is 0 Å². The van der Waals surface area contributed by atoms with Gasteiger partial charge >= 0.3 is 5.97 Å². The molecule has 0 aliphatic heterocycles. The molecule has 20 heavy (non-hydrogen) atoms. The molecule has 0 aromatic heterocycles. The molecule has 0 saturated heterocycles. The molecule has 0 spiro atoms. The molecule has 0 fully saturated rings. The number of rotatable bonds is 4. The normalized spacial score (nSPS) is 10.3. The number of anilines is 2. The molecular weight excluding hydrogens is 276 g/mol. The Labute approximate surface area is 122 Å². The third-order valence-electron chi connectivity index (χ3n) is 2.99. The highest BCUT2D eigenvalue weighted by atomic mass is 35.5. The fourth-order valence-corrected chi connectivity index (χ4v) is 2.24. The number of halogens is 1. The highest BCUT2D eigenvalue weighted by Crippen LogP contribution is 2.25. The van der Waals surface area contributed by atoms with Crippen LogP contribution in [0.1, 0.15) is 15.9 Å². The van der Waals surface area contributed by atoms with E-state index in [4.69, 9.17) is 22.4 Å². The summed E-state index contributed by atoms with van der Waals surface area (Å²) in [6.45, 7) is 0.636. The van der Waals surface area contributed by atoms with Gasteiger partial charge in [0, 0.05) is 18.6 Å². The van der Waals surface area contributed by atoms with Crippen molar-refractivity contribution in [2.24, 2.45) is 0 Å². The van der Waals surface area contributed by atoms with E-state index in [1.54, 1.807) is 12.1 Å². The second kappa shape index (κ2) is 5.84. The van der Waals surface area contributed by atoms with E-state index in [1.165, 1.54) is 6.07 Å². The van der Waals surface area contributed by atoms with E-state index < -0.39 is 5.97 Å². The first-order valence-electron chi connectivity index (χ1n) is 6.06. The molecule has 0 saturated carbocycles. The predicted octanol–water partition coefficient (Wildman–Crippen LogP) is 3.26. The molecule has 5 heteroatoms. The van der Waals surface area contributed by atoms with Gasteiger partial charge in [0.25, 0.3) is 0 Å². The maximum absolute atomic E-state index is 10.9. The predicted molar refractivity (Wildman–Crippen MR) is 81.4 cm³/mol. The molecule has 0 amide bonds. The number of nitrogens with zero attached hydrogens (tertiary/aromatic N) is 1. The van der Waals surface area contributed by atoms with Crippen LogP contribution < -0.4 is 10.6 Å². The SMILES string of the molecule is CN(Cc1cccc(Cl)c1)c1ccc(C(=O)O)cc1N. The van der Waals surface area contributed by atoms with Gasteiger partial charge in [-0.25, -0.2) is 4.79 Å². The zero-order chi connectivity index (χ0) is 14.7. The van der Waals surface area contributed by atoms with E-state index in [0.29, 0.717) is 17.3 Å². The minimum atomic E-state index is -0.985. The van der Waals surface area contributed by atoms with Crippen molar-refractivity contribution in [1.29, 1.82) is 0 Å². The fraction of sp³-hybridized carbons (Fsp3) is 0.133. The summed E-state index contributed by atoms with van der Waals surface area (Å²) in [7, 11) is 1.90. The van der Waals surface area contributed by atoms with Gasteiger partial charge in [0.05, 0.1) is 16.9 Å². The van der Waals surface area contributed by atoms with Crippen LogP contribution in [0, 0.1) is 0 Å². The lowest BCUT2D eigenvalue weighted by atomic mass is 10.1. The summed E-state index contributed by atoms with van der Waals surface area (Å²) in [6, 6.07) is 12.3. The van der Waals surface area contributed by atoms with Gasteiger partial charge in [-0.15, -0.1) is 0 Å². The van der Waals surface area contributed by atoms with Gasteiger partial charge < -0.3 is 15.7 Å². The number of benzene rings is 2. The van der Waals surface area contributed by atoms with Crippen LogP contribution >= 0.6 is 11.6 Å². The van der Waals surface area contributed by atoms with Crippen LogP contribution in [-0.2, 0) is 6.54 Å². The minimum Gasteiger partial charge on any atom is -0.478 e. The molecule has 0 heterocycles. The Kier molecular flexibility index (Phi) is 4.15. The van der Waals surface area contributed by atoms with Gasteiger partial charge in [0.2, 0.25) is 0 Å². The smallest absolute Gasteiger partial charge is 0.335 e. The Morgan fingerprint density at radius 3 is 2.65 bits per heavy atom. The molecule has 0 atom stereocenters. The number of aromatic carboxylic acids is 1. The van der Waals surface area contributed by atoms with E-state index in [1.807, 2.05) is 36.2 Å². The van der Waals surface area contributed by atoms with E-state index in [9.17, 15) is 4.79 Å². The van der Waals surface area contributed by atoms with Gasteiger partial charge in [-0.2, -0.15) is 0 Å². The molecule has 4 nitrogen and oxygen atoms in total. The Hall–Kier alpha value is -2.20. The first-order chi connectivity index (χ1) is 9.47. The summed E-state index contributed by atoms with van der Waals surface area (Å²) < 4.78 is 0. The summed E-state index contributed by atoms with van der Waals surface area (Å²) in [6.07, 6.45) is 0. The number of hydrogen-bond acceptors (Lipinski definition) is 3. The molecule has 2 aromatic carbocycles. The zero-order valence-electron chi connectivity index (χ0n) is 11.0. The number of nitrogen functional groups attached to an aromatic ring is 1. The van der Waals surface area contributed by atoms with Gasteiger partial charge in [-0.3, -0.25) is 0 Å². The summed E-state index contributed by atoms with van der Waals surface area (Å²) in [5.74, 6) is -0.985. The van der Waals surface area contributed by atoms with Crippen molar-refractivity contribution in [3.63, 3.8) is 0 Å². The minimum absolute atomic E-state index is 0.183. The summed E-state index contributed by atoms with van der Waals surface area (Å²) in [5, 5.41) is 9.61. The van der Waals surface area contributed by atoms with Gasteiger partial charge in [-0.1, -0.05) is 23.7 Å². The van der Waals surface area contributed by atoms with Crippen LogP contribution in [-0.4, -0.2) is 18.1 Å². The van der Waals surface area contributed by atoms with Crippen molar-refractivity contribution in [2.45, 2.75) is 6.54 Å². The van der Waals surface area contributed by atoms with Gasteiger partial charge in [0.1, 0.15) is 0 Å². The number of carboxylic acids is 1. The van der Waals surface area contributed by atoms with Crippen LogP contribution in [0.2, 0.25) is 5.02 Å². The molecule has 104 valence electrons. The molecule has 0 aliphatic carbocycles. The summed E-state index contributed by atoms with van der Waals surface area (Å²) in [4.78, 5) is 12.8. The molecule has 0 unspecified atom stereocenters. The average molecular weight is 291 g/mol. The number of nitrogens with two attached hydrogens (primary N) is 1. The van der Waals surface area contributed by atoms with Crippen molar-refractivity contribution in [2.75, 3.05) is 17.7 Å². The standard InChI is InChI=1S/C15H15ClN2O2/c1-18(9-10-3-2-4-12(16)7-10)14-6-5-11(15(19)20)8-13(14)17/h2-8H,9,17H2,1H3,(H,19,20). The lowest BCUT2D eigenvalue weighted by Crippen LogP contribution is -2.18. The van der Waals surface area contributed by atoms with Crippen molar-refractivity contribution >= 4 is 28.9 Å². The van der Waals surface area contributed by atoms with Crippen molar-refractivity contribution in [3.05, 3.63) is 58.6 Å². The number of carbonyl (C=O) groups is 1. The van der Waals surface area contributed by atoms with Crippen molar-refractivity contribution in [1.82, 2.24) is 0 Å². The first-order valence-corrected chi connectivity index (χ1v) is 6.43. The highest BCUT2D eigenvalue weighted by molar-refractivity contribution is 6.30. The molecule has 3 N–H and O–H groups in total. The van der Waals surface area contributed by atoms with Crippen molar-refractivity contribution in [3.8, 4) is 0 Å². The number of carboxylic acid groups (broad SMARTS) is 1. The lowest BCUT2D eigenvalue weighted by Gasteiger charge is -2.21. The summed E-state index contributed by atoms with van der Waals surface area (Å²) >= 11 is 5.95. The third-order valence-corrected chi connectivity index (χ3v) is 3.23. The van der Waals surface area contributed by atoms with Crippen molar-refractivity contribution < 1.29 is 9.90 Å². The van der Waals surface area contributed by atoms with Gasteiger partial charge in [0.15, 0.2) is 0 Å². The lowest BCUT2D eigenvalue weighted by molar-refractivity contribution is 0.0697. The molecule has 2 aromatic rings. The first kappa shape index (κ1) is 14.2. The van der Waals surface area contributed by atoms with Gasteiger partial charge in [-0.05, 0) is 35.9 Å². The van der Waals surface area contributed by atoms with E-state index in [0.717, 1.165) is 11.3 Å². The van der Waals surface area contributed by atoms with E-state index in [-0.39, 0.29) is 5.56 Å².